The van der Waals surface area contributed by atoms with Crippen molar-refractivity contribution < 1.29 is 0 Å². The molecule has 3 rings (SSSR count). The average Bonchev–Trinajstić information content (AvgIpc) is 2.61. The van der Waals surface area contributed by atoms with E-state index in [4.69, 9.17) is 5.73 Å². The number of aromatic nitrogens is 2. The summed E-state index contributed by atoms with van der Waals surface area (Å²) in [6.07, 6.45) is 5.39. The largest absolute Gasteiger partial charge is 0.366 e. The number of hydrogen-bond donors (Lipinski definition) is 2. The van der Waals surface area contributed by atoms with Crippen LogP contribution in [0.25, 0.3) is 11.1 Å². The van der Waals surface area contributed by atoms with Crippen molar-refractivity contribution in [3.8, 4) is 11.1 Å². The lowest BCUT2D eigenvalue weighted by molar-refractivity contribution is 1.02. The second-order valence-corrected chi connectivity index (χ2v) is 4.96. The Bertz CT molecular complexity index is 727. The number of pyridine rings is 2. The van der Waals surface area contributed by atoms with Gasteiger partial charge in [0.05, 0.1) is 0 Å². The molecular weight excluding hydrogens is 272 g/mol. The number of rotatable bonds is 5. The van der Waals surface area contributed by atoms with Gasteiger partial charge >= 0.3 is 0 Å². The van der Waals surface area contributed by atoms with E-state index in [1.165, 1.54) is 0 Å². The average molecular weight is 290 g/mol. The monoisotopic (exact) mass is 290 g/mol. The summed E-state index contributed by atoms with van der Waals surface area (Å²) < 4.78 is 0. The van der Waals surface area contributed by atoms with E-state index in [0.717, 1.165) is 28.1 Å². The summed E-state index contributed by atoms with van der Waals surface area (Å²) in [6, 6.07) is 16.2. The Kier molecular flexibility index (Phi) is 4.41. The fourth-order valence-corrected chi connectivity index (χ4v) is 2.43. The highest BCUT2D eigenvalue weighted by Gasteiger charge is 2.09. The van der Waals surface area contributed by atoms with Gasteiger partial charge in [0.2, 0.25) is 0 Å². The maximum Gasteiger partial charge on any atom is 0.131 e. The lowest BCUT2D eigenvalue weighted by Crippen LogP contribution is -2.09. The molecule has 0 unspecified atom stereocenters. The van der Waals surface area contributed by atoms with Crippen LogP contribution in [-0.2, 0) is 13.1 Å². The minimum absolute atomic E-state index is 0.441. The van der Waals surface area contributed by atoms with Crippen LogP contribution in [0, 0.1) is 0 Å². The molecule has 4 heteroatoms. The summed E-state index contributed by atoms with van der Waals surface area (Å²) in [5.74, 6) is 0.834. The minimum atomic E-state index is 0.441. The van der Waals surface area contributed by atoms with Gasteiger partial charge in [0.15, 0.2) is 0 Å². The molecule has 0 radical (unpaired) electrons. The van der Waals surface area contributed by atoms with E-state index in [1.807, 2.05) is 42.6 Å². The number of nitrogens with two attached hydrogens (primary N) is 1. The molecule has 4 nitrogen and oxygen atoms in total. The third kappa shape index (κ3) is 3.13. The van der Waals surface area contributed by atoms with Crippen molar-refractivity contribution in [1.29, 1.82) is 0 Å². The van der Waals surface area contributed by atoms with Gasteiger partial charge in [0.25, 0.3) is 0 Å². The van der Waals surface area contributed by atoms with E-state index in [2.05, 4.69) is 27.4 Å². The Morgan fingerprint density at radius 2 is 1.68 bits per heavy atom. The van der Waals surface area contributed by atoms with Crippen LogP contribution in [0.15, 0.2) is 67.1 Å². The van der Waals surface area contributed by atoms with Crippen LogP contribution in [0.5, 0.6) is 0 Å². The molecule has 0 aliphatic rings. The first-order valence-corrected chi connectivity index (χ1v) is 7.24. The minimum Gasteiger partial charge on any atom is -0.366 e. The third-order valence-electron chi connectivity index (χ3n) is 3.55. The molecule has 0 amide bonds. The molecule has 0 fully saturated rings. The van der Waals surface area contributed by atoms with Gasteiger partial charge in [-0.1, -0.05) is 30.3 Å². The normalized spacial score (nSPS) is 10.4. The summed E-state index contributed by atoms with van der Waals surface area (Å²) in [5, 5.41) is 3.37. The Morgan fingerprint density at radius 1 is 0.909 bits per heavy atom. The van der Waals surface area contributed by atoms with Gasteiger partial charge in [0.1, 0.15) is 5.82 Å². The Balaban J connectivity index is 1.89. The molecule has 0 saturated heterocycles. The Morgan fingerprint density at radius 3 is 2.41 bits per heavy atom. The predicted molar refractivity (Wildman–Crippen MR) is 89.1 cm³/mol. The smallest absolute Gasteiger partial charge is 0.131 e. The summed E-state index contributed by atoms with van der Waals surface area (Å²) >= 11 is 0. The SMILES string of the molecule is NCc1c(-c2ccccc2)ccnc1NCc1ccncc1. The molecule has 3 aromatic rings. The van der Waals surface area contributed by atoms with Gasteiger partial charge in [-0.05, 0) is 34.9 Å². The fourth-order valence-electron chi connectivity index (χ4n) is 2.43. The van der Waals surface area contributed by atoms with E-state index in [9.17, 15) is 0 Å². The zero-order chi connectivity index (χ0) is 15.2. The highest BCUT2D eigenvalue weighted by molar-refractivity contribution is 5.71. The van der Waals surface area contributed by atoms with E-state index >= 15 is 0 Å². The van der Waals surface area contributed by atoms with Gasteiger partial charge in [-0.25, -0.2) is 4.98 Å². The summed E-state index contributed by atoms with van der Waals surface area (Å²) in [6.45, 7) is 1.14. The number of nitrogens with zero attached hydrogens (tertiary/aromatic N) is 2. The predicted octanol–water partition coefficient (Wildman–Crippen LogP) is 3.21. The first-order chi connectivity index (χ1) is 10.9. The molecule has 22 heavy (non-hydrogen) atoms. The number of anilines is 1. The lowest BCUT2D eigenvalue weighted by Gasteiger charge is -2.14. The van der Waals surface area contributed by atoms with E-state index in [1.54, 1.807) is 12.4 Å². The molecule has 0 aliphatic heterocycles. The number of hydrogen-bond acceptors (Lipinski definition) is 4. The van der Waals surface area contributed by atoms with Crippen molar-refractivity contribution in [3.05, 3.63) is 78.2 Å². The molecule has 110 valence electrons. The third-order valence-corrected chi connectivity index (χ3v) is 3.55. The van der Waals surface area contributed by atoms with Crippen LogP contribution in [0.4, 0.5) is 5.82 Å². The van der Waals surface area contributed by atoms with Gasteiger partial charge in [-0.3, -0.25) is 4.98 Å². The molecular formula is C18H18N4. The van der Waals surface area contributed by atoms with E-state index in [0.29, 0.717) is 13.1 Å². The maximum atomic E-state index is 5.97. The highest BCUT2D eigenvalue weighted by Crippen LogP contribution is 2.27. The zero-order valence-electron chi connectivity index (χ0n) is 12.2. The summed E-state index contributed by atoms with van der Waals surface area (Å²) in [7, 11) is 0. The van der Waals surface area contributed by atoms with Crippen molar-refractivity contribution in [1.82, 2.24) is 9.97 Å². The summed E-state index contributed by atoms with van der Waals surface area (Å²) in [5.41, 5.74) is 10.4. The van der Waals surface area contributed by atoms with Crippen molar-refractivity contribution in [2.75, 3.05) is 5.32 Å². The molecule has 0 aliphatic carbocycles. The number of benzene rings is 1. The van der Waals surface area contributed by atoms with Crippen LogP contribution in [0.2, 0.25) is 0 Å². The van der Waals surface area contributed by atoms with Gasteiger partial charge in [0, 0.05) is 37.2 Å². The van der Waals surface area contributed by atoms with Crippen molar-refractivity contribution in [2.24, 2.45) is 5.73 Å². The van der Waals surface area contributed by atoms with Crippen LogP contribution in [0.1, 0.15) is 11.1 Å². The van der Waals surface area contributed by atoms with Crippen LogP contribution < -0.4 is 11.1 Å². The van der Waals surface area contributed by atoms with Gasteiger partial charge < -0.3 is 11.1 Å². The van der Waals surface area contributed by atoms with Gasteiger partial charge in [-0.15, -0.1) is 0 Å². The molecule has 3 N–H and O–H groups in total. The molecule has 0 spiro atoms. The number of nitrogens with one attached hydrogen (secondary N) is 1. The summed E-state index contributed by atoms with van der Waals surface area (Å²) in [4.78, 5) is 8.47. The molecule has 2 aromatic heterocycles. The van der Waals surface area contributed by atoms with Crippen LogP contribution in [-0.4, -0.2) is 9.97 Å². The van der Waals surface area contributed by atoms with Crippen molar-refractivity contribution in [3.63, 3.8) is 0 Å². The van der Waals surface area contributed by atoms with Crippen LogP contribution in [0.3, 0.4) is 0 Å². The molecule has 0 saturated carbocycles. The highest BCUT2D eigenvalue weighted by atomic mass is 15.0. The topological polar surface area (TPSA) is 63.8 Å². The first kappa shape index (κ1) is 14.2. The lowest BCUT2D eigenvalue weighted by atomic mass is 10.0. The van der Waals surface area contributed by atoms with Gasteiger partial charge in [-0.2, -0.15) is 0 Å². The molecule has 1 aromatic carbocycles. The quantitative estimate of drug-likeness (QED) is 0.757. The van der Waals surface area contributed by atoms with E-state index < -0.39 is 0 Å². The Labute approximate surface area is 130 Å². The maximum absolute atomic E-state index is 5.97. The van der Waals surface area contributed by atoms with Crippen molar-refractivity contribution >= 4 is 5.82 Å². The van der Waals surface area contributed by atoms with Crippen molar-refractivity contribution in [2.45, 2.75) is 13.1 Å². The van der Waals surface area contributed by atoms with E-state index in [-0.39, 0.29) is 0 Å². The first-order valence-electron chi connectivity index (χ1n) is 7.24. The Hall–Kier alpha value is -2.72. The standard InChI is InChI=1S/C18H18N4/c19-12-17-16(15-4-2-1-3-5-15)8-11-21-18(17)22-13-14-6-9-20-10-7-14/h1-11H,12-13,19H2,(H,21,22). The molecule has 0 bridgehead atoms. The van der Waals surface area contributed by atoms with Crippen LogP contribution >= 0.6 is 0 Å². The fraction of sp³-hybridized carbons (Fsp3) is 0.111. The molecule has 2 heterocycles. The zero-order valence-corrected chi connectivity index (χ0v) is 12.2. The molecule has 0 atom stereocenters. The second-order valence-electron chi connectivity index (χ2n) is 4.96. The second kappa shape index (κ2) is 6.83.